The molecular weight excluding hydrogens is 279 g/mol. The Morgan fingerprint density at radius 3 is 2.88 bits per heavy atom. The number of hydrogen-bond acceptors (Lipinski definition) is 3. The molecule has 1 N–H and O–H groups in total. The van der Waals surface area contributed by atoms with Gasteiger partial charge in [0, 0.05) is 18.3 Å². The Labute approximate surface area is 114 Å². The van der Waals surface area contributed by atoms with Gasteiger partial charge in [-0.2, -0.15) is 5.10 Å². The zero-order valence-electron chi connectivity index (χ0n) is 9.23. The Morgan fingerprint density at radius 2 is 2.29 bits per heavy atom. The maximum absolute atomic E-state index is 10.3. The van der Waals surface area contributed by atoms with E-state index in [1.807, 2.05) is 0 Å². The quantitative estimate of drug-likeness (QED) is 0.931. The number of aromatic nitrogens is 2. The maximum Gasteiger partial charge on any atom is 0.123 e. The van der Waals surface area contributed by atoms with Crippen LogP contribution < -0.4 is 0 Å². The molecule has 3 nitrogen and oxygen atoms in total. The molecule has 0 aromatic carbocycles. The summed E-state index contributed by atoms with van der Waals surface area (Å²) in [6, 6.07) is 3.49. The first-order chi connectivity index (χ1) is 8.13. The molecule has 0 bridgehead atoms. The van der Waals surface area contributed by atoms with Crippen molar-refractivity contribution >= 4 is 34.5 Å². The molecule has 0 spiro atoms. The first-order valence-electron chi connectivity index (χ1n) is 5.28. The van der Waals surface area contributed by atoms with E-state index in [0.29, 0.717) is 14.2 Å². The normalized spacial score (nSPS) is 12.9. The van der Waals surface area contributed by atoms with E-state index in [9.17, 15) is 5.11 Å². The van der Waals surface area contributed by atoms with Crippen molar-refractivity contribution in [3.63, 3.8) is 0 Å². The van der Waals surface area contributed by atoms with Crippen LogP contribution in [0.25, 0.3) is 0 Å². The average Bonchev–Trinajstić information content (AvgIpc) is 2.85. The highest BCUT2D eigenvalue weighted by Gasteiger charge is 2.20. The summed E-state index contributed by atoms with van der Waals surface area (Å²) in [4.78, 5) is 0. The van der Waals surface area contributed by atoms with Gasteiger partial charge in [0.2, 0.25) is 0 Å². The van der Waals surface area contributed by atoms with Crippen LogP contribution in [0.5, 0.6) is 0 Å². The van der Waals surface area contributed by atoms with Crippen molar-refractivity contribution in [1.82, 2.24) is 9.78 Å². The molecule has 92 valence electrons. The Kier molecular flexibility index (Phi) is 4.09. The van der Waals surface area contributed by atoms with Crippen molar-refractivity contribution in [3.05, 3.63) is 38.3 Å². The molecule has 0 aliphatic heterocycles. The smallest absolute Gasteiger partial charge is 0.123 e. The van der Waals surface area contributed by atoms with Crippen LogP contribution in [0.1, 0.15) is 30.7 Å². The lowest BCUT2D eigenvalue weighted by molar-refractivity contribution is 0.208. The zero-order valence-corrected chi connectivity index (χ0v) is 11.6. The molecule has 0 saturated carbocycles. The fourth-order valence-electron chi connectivity index (χ4n) is 1.67. The molecule has 0 radical (unpaired) electrons. The number of aliphatic hydroxyl groups is 1. The van der Waals surface area contributed by atoms with Gasteiger partial charge in [-0.25, -0.2) is 0 Å². The van der Waals surface area contributed by atoms with Crippen LogP contribution in [0, 0.1) is 0 Å². The Balaban J connectivity index is 2.33. The highest BCUT2D eigenvalue weighted by Crippen LogP contribution is 2.37. The lowest BCUT2D eigenvalue weighted by Crippen LogP contribution is -2.09. The van der Waals surface area contributed by atoms with Crippen LogP contribution in [-0.2, 0) is 6.54 Å². The van der Waals surface area contributed by atoms with Gasteiger partial charge in [-0.15, -0.1) is 11.3 Å². The number of nitrogens with zero attached hydrogens (tertiary/aromatic N) is 2. The molecule has 1 unspecified atom stereocenters. The van der Waals surface area contributed by atoms with Crippen molar-refractivity contribution in [2.75, 3.05) is 0 Å². The topological polar surface area (TPSA) is 38.0 Å². The number of aliphatic hydroxyl groups excluding tert-OH is 1. The Bertz CT molecular complexity index is 509. The van der Waals surface area contributed by atoms with E-state index in [1.54, 1.807) is 23.0 Å². The van der Waals surface area contributed by atoms with Crippen LogP contribution in [0.15, 0.2) is 18.3 Å². The maximum atomic E-state index is 10.3. The summed E-state index contributed by atoms with van der Waals surface area (Å²) in [5.41, 5.74) is 1.38. The Hall–Kier alpha value is -0.550. The molecule has 6 heteroatoms. The summed E-state index contributed by atoms with van der Waals surface area (Å²) in [7, 11) is 0. The van der Waals surface area contributed by atoms with Crippen molar-refractivity contribution in [3.8, 4) is 0 Å². The molecule has 0 aliphatic rings. The molecule has 2 aromatic rings. The van der Waals surface area contributed by atoms with Gasteiger partial charge in [0.25, 0.3) is 0 Å². The van der Waals surface area contributed by atoms with E-state index in [4.69, 9.17) is 23.2 Å². The third-order valence-electron chi connectivity index (χ3n) is 2.44. The van der Waals surface area contributed by atoms with Crippen molar-refractivity contribution < 1.29 is 5.11 Å². The molecule has 0 fully saturated rings. The van der Waals surface area contributed by atoms with E-state index < -0.39 is 6.10 Å². The van der Waals surface area contributed by atoms with Gasteiger partial charge in [0.05, 0.1) is 10.0 Å². The fourth-order valence-corrected chi connectivity index (χ4v) is 3.19. The van der Waals surface area contributed by atoms with Crippen LogP contribution in [0.3, 0.4) is 0 Å². The summed E-state index contributed by atoms with van der Waals surface area (Å²) in [6.07, 6.45) is 1.86. The third-order valence-corrected chi connectivity index (χ3v) is 3.96. The van der Waals surface area contributed by atoms with Gasteiger partial charge in [0.1, 0.15) is 10.4 Å². The van der Waals surface area contributed by atoms with Crippen LogP contribution >= 0.6 is 34.5 Å². The second kappa shape index (κ2) is 5.40. The van der Waals surface area contributed by atoms with E-state index in [-0.39, 0.29) is 0 Å². The lowest BCUT2D eigenvalue weighted by atomic mass is 10.1. The van der Waals surface area contributed by atoms with Crippen LogP contribution in [-0.4, -0.2) is 14.9 Å². The first kappa shape index (κ1) is 12.9. The lowest BCUT2D eigenvalue weighted by Gasteiger charge is -2.12. The van der Waals surface area contributed by atoms with Gasteiger partial charge in [0.15, 0.2) is 0 Å². The number of hydrogen-bond donors (Lipinski definition) is 1. The monoisotopic (exact) mass is 290 g/mol. The number of rotatable bonds is 4. The third kappa shape index (κ3) is 2.65. The minimum absolute atomic E-state index is 0.520. The van der Waals surface area contributed by atoms with E-state index in [1.165, 1.54) is 11.3 Å². The zero-order chi connectivity index (χ0) is 12.4. The Morgan fingerprint density at radius 1 is 1.53 bits per heavy atom. The molecule has 2 aromatic heterocycles. The molecular formula is C11H12Cl2N2OS. The summed E-state index contributed by atoms with van der Waals surface area (Å²) >= 11 is 13.2. The number of aryl methyl sites for hydroxylation is 1. The van der Waals surface area contributed by atoms with Gasteiger partial charge < -0.3 is 5.11 Å². The van der Waals surface area contributed by atoms with E-state index >= 15 is 0 Å². The number of halogens is 2. The molecule has 0 amide bonds. The molecule has 2 heterocycles. The minimum Gasteiger partial charge on any atom is -0.382 e. The summed E-state index contributed by atoms with van der Waals surface area (Å²) in [5, 5.41) is 14.5. The molecule has 1 atom stereocenters. The largest absolute Gasteiger partial charge is 0.382 e. The molecule has 0 aliphatic carbocycles. The highest BCUT2D eigenvalue weighted by atomic mass is 35.5. The summed E-state index contributed by atoms with van der Waals surface area (Å²) < 4.78 is 2.88. The first-order valence-corrected chi connectivity index (χ1v) is 6.85. The molecule has 17 heavy (non-hydrogen) atoms. The molecule has 2 rings (SSSR count). The van der Waals surface area contributed by atoms with E-state index in [0.717, 1.165) is 18.7 Å². The van der Waals surface area contributed by atoms with Crippen molar-refractivity contribution in [2.45, 2.75) is 26.0 Å². The van der Waals surface area contributed by atoms with Crippen LogP contribution in [0.4, 0.5) is 0 Å². The summed E-state index contributed by atoms with van der Waals surface area (Å²) in [5.74, 6) is 0. The SMILES string of the molecule is CCCn1nccc1C(O)c1cc(Cl)sc1Cl. The number of thiophene rings is 1. The van der Waals surface area contributed by atoms with E-state index in [2.05, 4.69) is 12.0 Å². The molecule has 0 saturated heterocycles. The minimum atomic E-state index is -0.778. The highest BCUT2D eigenvalue weighted by molar-refractivity contribution is 7.20. The second-order valence-electron chi connectivity index (χ2n) is 3.66. The standard InChI is InChI=1S/C11H12Cl2N2OS/c1-2-5-15-8(3-4-14-15)10(16)7-6-9(12)17-11(7)13/h3-4,6,10,16H,2,5H2,1H3. The van der Waals surface area contributed by atoms with Crippen LogP contribution in [0.2, 0.25) is 8.67 Å². The van der Waals surface area contributed by atoms with Gasteiger partial charge in [-0.3, -0.25) is 4.68 Å². The van der Waals surface area contributed by atoms with Crippen molar-refractivity contribution in [1.29, 1.82) is 0 Å². The van der Waals surface area contributed by atoms with Gasteiger partial charge >= 0.3 is 0 Å². The average molecular weight is 291 g/mol. The van der Waals surface area contributed by atoms with Crippen molar-refractivity contribution in [2.24, 2.45) is 0 Å². The predicted octanol–water partition coefficient (Wildman–Crippen LogP) is 3.74. The van der Waals surface area contributed by atoms with Gasteiger partial charge in [-0.05, 0) is 18.6 Å². The fraction of sp³-hybridized carbons (Fsp3) is 0.364. The van der Waals surface area contributed by atoms with Gasteiger partial charge in [-0.1, -0.05) is 30.1 Å². The predicted molar refractivity (Wildman–Crippen MR) is 70.9 cm³/mol. The second-order valence-corrected chi connectivity index (χ2v) is 5.95. The summed E-state index contributed by atoms with van der Waals surface area (Å²) in [6.45, 7) is 2.83.